The molecule has 37 heavy (non-hydrogen) atoms. The van der Waals surface area contributed by atoms with Crippen molar-refractivity contribution in [3.8, 4) is 22.5 Å². The number of halogens is 3. The average Bonchev–Trinajstić information content (AvgIpc) is 3.57. The third-order valence-electron chi connectivity index (χ3n) is 7.24. The summed E-state index contributed by atoms with van der Waals surface area (Å²) < 4.78 is 66.0. The Balaban J connectivity index is 1.44. The van der Waals surface area contributed by atoms with Gasteiger partial charge in [-0.05, 0) is 79.2 Å². The molecule has 0 saturated carbocycles. The Bertz CT molecular complexity index is 1330. The van der Waals surface area contributed by atoms with Gasteiger partial charge in [0.2, 0.25) is 15.8 Å². The molecule has 4 N–H and O–H groups in total. The molecule has 2 fully saturated rings. The van der Waals surface area contributed by atoms with Gasteiger partial charge in [0, 0.05) is 12.6 Å². The number of nitrogens with one attached hydrogen (secondary N) is 2. The number of aromatic nitrogens is 4. The minimum Gasteiger partial charge on any atom is -0.313 e. The average molecular weight is 536 g/mol. The van der Waals surface area contributed by atoms with Gasteiger partial charge in [-0.1, -0.05) is 30.3 Å². The van der Waals surface area contributed by atoms with Crippen molar-refractivity contribution in [2.45, 2.75) is 48.7 Å². The molecule has 1 aromatic heterocycles. The zero-order valence-electron chi connectivity index (χ0n) is 20.0. The van der Waals surface area contributed by atoms with E-state index in [9.17, 15) is 21.6 Å². The maximum atomic E-state index is 13.7. The van der Waals surface area contributed by atoms with Gasteiger partial charge in [0.05, 0.1) is 11.1 Å². The summed E-state index contributed by atoms with van der Waals surface area (Å²) in [6, 6.07) is 9.97. The first-order chi connectivity index (χ1) is 17.6. The number of alkyl halides is 3. The van der Waals surface area contributed by atoms with Gasteiger partial charge < -0.3 is 10.2 Å². The lowest BCUT2D eigenvalue weighted by Crippen LogP contribution is -2.41. The highest BCUT2D eigenvalue weighted by molar-refractivity contribution is 7.89. The summed E-state index contributed by atoms with van der Waals surface area (Å²) in [6.07, 6.45) is -0.443. The number of sulfonamides is 1. The van der Waals surface area contributed by atoms with E-state index in [1.165, 1.54) is 18.9 Å². The normalized spacial score (nSPS) is 19.9. The van der Waals surface area contributed by atoms with Gasteiger partial charge in [-0.3, -0.25) is 0 Å². The number of piperidine rings is 1. The van der Waals surface area contributed by atoms with Gasteiger partial charge >= 0.3 is 6.18 Å². The molecule has 3 heterocycles. The second-order valence-corrected chi connectivity index (χ2v) is 11.1. The van der Waals surface area contributed by atoms with Crippen molar-refractivity contribution in [1.29, 1.82) is 0 Å². The molecule has 1 atom stereocenters. The summed E-state index contributed by atoms with van der Waals surface area (Å²) in [6.45, 7) is 4.21. The van der Waals surface area contributed by atoms with Gasteiger partial charge in [-0.2, -0.15) is 18.4 Å². The lowest BCUT2D eigenvalue weighted by atomic mass is 9.87. The Kier molecular flexibility index (Phi) is 7.05. The zero-order valence-corrected chi connectivity index (χ0v) is 20.8. The summed E-state index contributed by atoms with van der Waals surface area (Å²) in [5.41, 5.74) is 0.153. The summed E-state index contributed by atoms with van der Waals surface area (Å²) >= 11 is 0. The zero-order chi connectivity index (χ0) is 26.2. The number of tetrazole rings is 1. The quantitative estimate of drug-likeness (QED) is 0.442. The van der Waals surface area contributed by atoms with Crippen LogP contribution in [0.25, 0.3) is 22.5 Å². The minimum atomic E-state index is -4.95. The number of likely N-dealkylation sites (tertiary alicyclic amines) is 1. The first kappa shape index (κ1) is 25.8. The number of H-pyrrole nitrogens is 1. The second-order valence-electron chi connectivity index (χ2n) is 9.63. The molecular weight excluding hydrogens is 507 g/mol. The Labute approximate surface area is 212 Å². The topological polar surface area (TPSA) is 130 Å². The molecule has 0 bridgehead atoms. The fourth-order valence-electron chi connectivity index (χ4n) is 5.44. The van der Waals surface area contributed by atoms with E-state index in [0.717, 1.165) is 50.7 Å². The van der Waals surface area contributed by atoms with E-state index in [-0.39, 0.29) is 17.0 Å². The maximum Gasteiger partial charge on any atom is 0.417 e. The van der Waals surface area contributed by atoms with Crippen molar-refractivity contribution in [2.24, 2.45) is 5.14 Å². The predicted molar refractivity (Wildman–Crippen MR) is 131 cm³/mol. The molecule has 2 aliphatic rings. The number of benzene rings is 2. The van der Waals surface area contributed by atoms with E-state index >= 15 is 0 Å². The molecule has 13 heteroatoms. The Hall–Kier alpha value is -2.87. The van der Waals surface area contributed by atoms with E-state index < -0.39 is 26.7 Å². The van der Waals surface area contributed by atoms with Crippen molar-refractivity contribution in [3.63, 3.8) is 0 Å². The largest absolute Gasteiger partial charge is 0.417 e. The maximum absolute atomic E-state index is 13.7. The van der Waals surface area contributed by atoms with E-state index in [4.69, 9.17) is 5.14 Å². The number of hydrogen-bond donors (Lipinski definition) is 3. The first-order valence-electron chi connectivity index (χ1n) is 12.2. The molecule has 9 nitrogen and oxygen atoms in total. The second kappa shape index (κ2) is 10.1. The molecule has 0 spiro atoms. The number of primary sulfonamides is 1. The SMILES string of the molecule is NS(=O)(=O)c1c(C(F)(F)F)ccc(-c2ccc(C3CCN(C[C@@H]4CCCN4)CC3)cc2)c1-c1nn[nH]n1. The van der Waals surface area contributed by atoms with Crippen molar-refractivity contribution >= 4 is 10.0 Å². The van der Waals surface area contributed by atoms with Crippen LogP contribution in [0.15, 0.2) is 41.3 Å². The highest BCUT2D eigenvalue weighted by atomic mass is 32.2. The fourth-order valence-corrected chi connectivity index (χ4v) is 6.42. The third-order valence-corrected chi connectivity index (χ3v) is 8.23. The molecule has 0 unspecified atom stereocenters. The van der Waals surface area contributed by atoms with Crippen molar-refractivity contribution in [3.05, 3.63) is 47.5 Å². The van der Waals surface area contributed by atoms with Gasteiger partial charge in [0.15, 0.2) is 0 Å². The summed E-state index contributed by atoms with van der Waals surface area (Å²) in [7, 11) is -4.79. The van der Waals surface area contributed by atoms with Crippen LogP contribution in [-0.2, 0) is 16.2 Å². The lowest BCUT2D eigenvalue weighted by Gasteiger charge is -2.33. The molecule has 2 aliphatic heterocycles. The first-order valence-corrected chi connectivity index (χ1v) is 13.7. The predicted octanol–water partition coefficient (Wildman–Crippen LogP) is 3.13. The van der Waals surface area contributed by atoms with E-state index in [1.807, 2.05) is 12.1 Å². The van der Waals surface area contributed by atoms with Crippen LogP contribution < -0.4 is 10.5 Å². The number of hydrogen-bond acceptors (Lipinski definition) is 7. The van der Waals surface area contributed by atoms with Crippen LogP contribution in [-0.4, -0.2) is 66.2 Å². The van der Waals surface area contributed by atoms with Crippen LogP contribution in [0.2, 0.25) is 0 Å². The summed E-state index contributed by atoms with van der Waals surface area (Å²) in [5.74, 6) is 0.0874. The molecule has 0 amide bonds. The smallest absolute Gasteiger partial charge is 0.313 e. The standard InChI is InChI=1S/C24H28F3N7O2S/c25-24(26,27)20-8-7-19(21(22(20)37(28,35)36)23-30-32-33-31-23)17-5-3-15(4-6-17)16-9-12-34(13-10-16)14-18-2-1-11-29-18/h3-8,16,18,29H,1-2,9-14H2,(H2,28,35,36)(H,30,31,32,33)/t18-/m0/s1. The Morgan fingerprint density at radius 3 is 2.35 bits per heavy atom. The van der Waals surface area contributed by atoms with Crippen LogP contribution in [0.5, 0.6) is 0 Å². The molecule has 2 saturated heterocycles. The molecule has 0 aliphatic carbocycles. The highest BCUT2D eigenvalue weighted by Crippen LogP contribution is 2.43. The Morgan fingerprint density at radius 2 is 1.78 bits per heavy atom. The molecule has 3 aromatic rings. The van der Waals surface area contributed by atoms with Crippen molar-refractivity contribution < 1.29 is 21.6 Å². The molecule has 5 rings (SSSR count). The van der Waals surface area contributed by atoms with E-state index in [2.05, 4.69) is 30.8 Å². The highest BCUT2D eigenvalue weighted by Gasteiger charge is 2.40. The monoisotopic (exact) mass is 535 g/mol. The van der Waals surface area contributed by atoms with Crippen LogP contribution in [0.1, 0.15) is 42.7 Å². The Morgan fingerprint density at radius 1 is 1.05 bits per heavy atom. The number of rotatable bonds is 6. The van der Waals surface area contributed by atoms with Crippen LogP contribution in [0, 0.1) is 0 Å². The van der Waals surface area contributed by atoms with Crippen molar-refractivity contribution in [1.82, 2.24) is 30.8 Å². The van der Waals surface area contributed by atoms with Gasteiger partial charge in [0.1, 0.15) is 4.90 Å². The molecule has 0 radical (unpaired) electrons. The van der Waals surface area contributed by atoms with Crippen molar-refractivity contribution in [2.75, 3.05) is 26.2 Å². The van der Waals surface area contributed by atoms with Crippen LogP contribution in [0.3, 0.4) is 0 Å². The van der Waals surface area contributed by atoms with Gasteiger partial charge in [-0.15, -0.1) is 10.2 Å². The third kappa shape index (κ3) is 5.54. The fraction of sp³-hybridized carbons (Fsp3) is 0.458. The number of aromatic amines is 1. The molecule has 198 valence electrons. The summed E-state index contributed by atoms with van der Waals surface area (Å²) in [5, 5.41) is 21.9. The van der Waals surface area contributed by atoms with Crippen LogP contribution >= 0.6 is 0 Å². The van der Waals surface area contributed by atoms with E-state index in [0.29, 0.717) is 17.5 Å². The van der Waals surface area contributed by atoms with Crippen LogP contribution in [0.4, 0.5) is 13.2 Å². The number of nitrogens with zero attached hydrogens (tertiary/aromatic N) is 4. The summed E-state index contributed by atoms with van der Waals surface area (Å²) in [4.78, 5) is 1.43. The lowest BCUT2D eigenvalue weighted by molar-refractivity contribution is -0.139. The molecule has 2 aromatic carbocycles. The molecular formula is C24H28F3N7O2S. The minimum absolute atomic E-state index is 0.212. The number of nitrogens with two attached hydrogens (primary N) is 1. The van der Waals surface area contributed by atoms with Gasteiger partial charge in [-0.25, -0.2) is 13.6 Å². The van der Waals surface area contributed by atoms with E-state index in [1.54, 1.807) is 12.1 Å². The van der Waals surface area contributed by atoms with Gasteiger partial charge in [0.25, 0.3) is 0 Å².